The molecule has 0 N–H and O–H groups in total. The minimum atomic E-state index is -0.890. The summed E-state index contributed by atoms with van der Waals surface area (Å²) in [6.07, 6.45) is 0. The highest BCUT2D eigenvalue weighted by Gasteiger charge is 2.25. The first-order valence-electron chi connectivity index (χ1n) is 6.04. The average molecular weight is 307 g/mol. The van der Waals surface area contributed by atoms with Crippen molar-refractivity contribution < 1.29 is 4.92 Å². The highest BCUT2D eigenvalue weighted by atomic mass is 32.2. The van der Waals surface area contributed by atoms with E-state index in [-0.39, 0.29) is 5.03 Å². The Hall–Kier alpha value is -2.35. The van der Waals surface area contributed by atoms with Gasteiger partial charge in [0.2, 0.25) is 0 Å². The fraction of sp³-hybridized carbons (Fsp3) is 0.231. The molecule has 0 amide bonds. The van der Waals surface area contributed by atoms with Crippen molar-refractivity contribution in [3.05, 3.63) is 66.8 Å². The highest BCUT2D eigenvalue weighted by Crippen LogP contribution is 2.27. The average Bonchev–Trinajstić information content (AvgIpc) is 2.48. The van der Waals surface area contributed by atoms with Gasteiger partial charge in [0, 0.05) is 19.8 Å². The third-order valence-electron chi connectivity index (χ3n) is 2.99. The van der Waals surface area contributed by atoms with Crippen LogP contribution in [0, 0.1) is 10.1 Å². The van der Waals surface area contributed by atoms with E-state index in [0.29, 0.717) is 5.75 Å². The van der Waals surface area contributed by atoms with Gasteiger partial charge in [-0.15, -0.1) is 0 Å². The van der Waals surface area contributed by atoms with E-state index >= 15 is 0 Å². The number of hydrogen-bond donors (Lipinski definition) is 0. The third kappa shape index (κ3) is 2.89. The van der Waals surface area contributed by atoms with Crippen molar-refractivity contribution in [1.29, 1.82) is 0 Å². The fourth-order valence-corrected chi connectivity index (χ4v) is 2.92. The molecule has 0 aliphatic carbocycles. The Bertz CT molecular complexity index is 796. The van der Waals surface area contributed by atoms with Gasteiger partial charge in [0.05, 0.1) is 4.92 Å². The van der Waals surface area contributed by atoms with Gasteiger partial charge in [-0.25, -0.2) is 4.79 Å². The molecule has 0 radical (unpaired) electrons. The van der Waals surface area contributed by atoms with E-state index in [9.17, 15) is 19.7 Å². The summed E-state index contributed by atoms with van der Waals surface area (Å²) in [5.41, 5.74) is -1.09. The van der Waals surface area contributed by atoms with Gasteiger partial charge >= 0.3 is 16.9 Å². The summed E-state index contributed by atoms with van der Waals surface area (Å²) in [7, 11) is 2.64. The van der Waals surface area contributed by atoms with Crippen LogP contribution >= 0.6 is 11.8 Å². The molecule has 0 saturated heterocycles. The van der Waals surface area contributed by atoms with Crippen LogP contribution in [-0.2, 0) is 19.8 Å². The van der Waals surface area contributed by atoms with Crippen molar-refractivity contribution in [3.63, 3.8) is 0 Å². The molecule has 0 atom stereocenters. The fourth-order valence-electron chi connectivity index (χ4n) is 1.86. The zero-order valence-corrected chi connectivity index (χ0v) is 12.3. The van der Waals surface area contributed by atoms with Crippen LogP contribution in [-0.4, -0.2) is 14.1 Å². The molecule has 1 aromatic carbocycles. The number of nitrogens with zero attached hydrogens (tertiary/aromatic N) is 3. The molecule has 2 rings (SSSR count). The van der Waals surface area contributed by atoms with Gasteiger partial charge in [-0.1, -0.05) is 42.1 Å². The van der Waals surface area contributed by atoms with E-state index in [1.807, 2.05) is 30.3 Å². The Morgan fingerprint density at radius 1 is 1.14 bits per heavy atom. The number of hydrogen-bond acceptors (Lipinski definition) is 5. The molecule has 110 valence electrons. The predicted octanol–water partition coefficient (Wildman–Crippen LogP) is 1.28. The molecule has 0 saturated carbocycles. The van der Waals surface area contributed by atoms with Crippen molar-refractivity contribution in [2.45, 2.75) is 10.8 Å². The molecule has 8 heteroatoms. The lowest BCUT2D eigenvalue weighted by Gasteiger charge is -2.09. The second kappa shape index (κ2) is 5.96. The molecule has 2 aromatic rings. The summed E-state index contributed by atoms with van der Waals surface area (Å²) in [6, 6.07) is 9.32. The number of thioether (sulfide) groups is 1. The predicted molar refractivity (Wildman–Crippen MR) is 79.6 cm³/mol. The highest BCUT2D eigenvalue weighted by molar-refractivity contribution is 7.98. The van der Waals surface area contributed by atoms with Crippen LogP contribution < -0.4 is 11.2 Å². The molecule has 1 heterocycles. The summed E-state index contributed by atoms with van der Waals surface area (Å²) in [6.45, 7) is 0. The van der Waals surface area contributed by atoms with Gasteiger partial charge in [0.1, 0.15) is 0 Å². The lowest BCUT2D eigenvalue weighted by molar-refractivity contribution is -0.390. The minimum Gasteiger partial charge on any atom is -0.285 e. The summed E-state index contributed by atoms with van der Waals surface area (Å²) >= 11 is 1.10. The van der Waals surface area contributed by atoms with E-state index in [2.05, 4.69) is 0 Å². The molecule has 21 heavy (non-hydrogen) atoms. The van der Waals surface area contributed by atoms with Crippen LogP contribution in [0.25, 0.3) is 0 Å². The largest absolute Gasteiger partial charge is 0.364 e. The van der Waals surface area contributed by atoms with Crippen molar-refractivity contribution in [2.24, 2.45) is 14.1 Å². The van der Waals surface area contributed by atoms with Gasteiger partial charge in [-0.3, -0.25) is 24.0 Å². The molecule has 0 spiro atoms. The molecular weight excluding hydrogens is 294 g/mol. The quantitative estimate of drug-likeness (QED) is 0.367. The third-order valence-corrected chi connectivity index (χ3v) is 4.21. The summed E-state index contributed by atoms with van der Waals surface area (Å²) in [5.74, 6) is 0.433. The van der Waals surface area contributed by atoms with Crippen molar-refractivity contribution >= 4 is 17.4 Å². The van der Waals surface area contributed by atoms with E-state index in [1.165, 1.54) is 14.1 Å². The molecule has 1 aromatic heterocycles. The zero-order valence-electron chi connectivity index (χ0n) is 11.5. The van der Waals surface area contributed by atoms with E-state index in [4.69, 9.17) is 0 Å². The van der Waals surface area contributed by atoms with Gasteiger partial charge in [-0.2, -0.15) is 0 Å². The van der Waals surface area contributed by atoms with Crippen LogP contribution in [0.1, 0.15) is 5.56 Å². The maximum Gasteiger partial charge on any atom is 0.364 e. The Morgan fingerprint density at radius 3 is 2.33 bits per heavy atom. The van der Waals surface area contributed by atoms with Crippen LogP contribution in [0.15, 0.2) is 44.9 Å². The zero-order chi connectivity index (χ0) is 15.6. The van der Waals surface area contributed by atoms with Crippen LogP contribution in [0.2, 0.25) is 0 Å². The smallest absolute Gasteiger partial charge is 0.285 e. The first-order chi connectivity index (χ1) is 9.93. The second-order valence-corrected chi connectivity index (χ2v) is 5.35. The van der Waals surface area contributed by atoms with Crippen molar-refractivity contribution in [1.82, 2.24) is 9.13 Å². The Labute approximate surface area is 124 Å². The molecule has 0 aliphatic heterocycles. The normalized spacial score (nSPS) is 10.6. The molecule has 0 fully saturated rings. The topological polar surface area (TPSA) is 87.1 Å². The van der Waals surface area contributed by atoms with Crippen molar-refractivity contribution in [3.8, 4) is 0 Å². The SMILES string of the molecule is Cn1c(SCc2ccccc2)c([N+](=O)[O-])c(=O)n(C)c1=O. The standard InChI is InChI=1S/C13H13N3O4S/c1-14-11(17)10(16(19)20)12(15(2)13(14)18)21-8-9-6-4-3-5-7-9/h3-7H,8H2,1-2H3. The van der Waals surface area contributed by atoms with E-state index in [1.54, 1.807) is 0 Å². The van der Waals surface area contributed by atoms with Crippen LogP contribution in [0.4, 0.5) is 5.69 Å². The number of rotatable bonds is 4. The van der Waals surface area contributed by atoms with Gasteiger partial charge in [0.15, 0.2) is 5.03 Å². The maximum absolute atomic E-state index is 11.9. The summed E-state index contributed by atoms with van der Waals surface area (Å²) in [5, 5.41) is 11.2. The number of nitro groups is 1. The monoisotopic (exact) mass is 307 g/mol. The second-order valence-electron chi connectivity index (χ2n) is 4.39. The van der Waals surface area contributed by atoms with Gasteiger partial charge < -0.3 is 0 Å². The molecular formula is C13H13N3O4S. The van der Waals surface area contributed by atoms with Gasteiger partial charge in [-0.05, 0) is 5.56 Å². The number of aromatic nitrogens is 2. The number of benzene rings is 1. The van der Waals surface area contributed by atoms with Crippen LogP contribution in [0.3, 0.4) is 0 Å². The lowest BCUT2D eigenvalue weighted by Crippen LogP contribution is -2.38. The summed E-state index contributed by atoms with van der Waals surface area (Å²) in [4.78, 5) is 34.2. The Balaban J connectivity index is 2.50. The minimum absolute atomic E-state index is 0.0666. The Morgan fingerprint density at radius 2 is 1.76 bits per heavy atom. The summed E-state index contributed by atoms with van der Waals surface area (Å²) < 4.78 is 1.87. The first kappa shape index (κ1) is 15.0. The first-order valence-corrected chi connectivity index (χ1v) is 7.03. The van der Waals surface area contributed by atoms with E-state index in [0.717, 1.165) is 26.5 Å². The molecule has 0 bridgehead atoms. The molecule has 0 unspecified atom stereocenters. The molecule has 7 nitrogen and oxygen atoms in total. The Kier molecular flexibility index (Phi) is 4.27. The van der Waals surface area contributed by atoms with E-state index < -0.39 is 21.9 Å². The van der Waals surface area contributed by atoms with Crippen molar-refractivity contribution in [2.75, 3.05) is 0 Å². The van der Waals surface area contributed by atoms with Crippen LogP contribution in [0.5, 0.6) is 0 Å². The lowest BCUT2D eigenvalue weighted by atomic mass is 10.2. The molecule has 0 aliphatic rings. The maximum atomic E-state index is 11.9. The van der Waals surface area contributed by atoms with Gasteiger partial charge in [0.25, 0.3) is 0 Å².